The number of hydrogen-bond donors (Lipinski definition) is 1. The van der Waals surface area contributed by atoms with Gasteiger partial charge < -0.3 is 10.2 Å². The molecule has 2 atom stereocenters. The van der Waals surface area contributed by atoms with E-state index in [9.17, 15) is 9.59 Å². The highest BCUT2D eigenvalue weighted by Crippen LogP contribution is 2.27. The molecule has 0 bridgehead atoms. The van der Waals surface area contributed by atoms with Crippen LogP contribution >= 0.6 is 0 Å². The second-order valence-corrected chi connectivity index (χ2v) is 5.18. The molecule has 2 fully saturated rings. The van der Waals surface area contributed by atoms with Crippen LogP contribution in [0.3, 0.4) is 0 Å². The predicted octanol–water partition coefficient (Wildman–Crippen LogP) is -1.87. The van der Waals surface area contributed by atoms with Crippen LogP contribution in [0.2, 0.25) is 0 Å². The number of aromatic nitrogens is 3. The lowest BCUT2D eigenvalue weighted by atomic mass is 10.0. The second-order valence-electron chi connectivity index (χ2n) is 5.18. The average molecular weight is 251 g/mol. The van der Waals surface area contributed by atoms with E-state index in [0.717, 1.165) is 30.7 Å². The van der Waals surface area contributed by atoms with Crippen molar-refractivity contribution in [1.29, 1.82) is 0 Å². The van der Waals surface area contributed by atoms with E-state index in [4.69, 9.17) is 0 Å². The molecule has 98 valence electrons. The number of anilines is 1. The van der Waals surface area contributed by atoms with Gasteiger partial charge in [0, 0.05) is 40.3 Å². The monoisotopic (exact) mass is 251 g/mol. The van der Waals surface area contributed by atoms with Gasteiger partial charge in [0.1, 0.15) is 0 Å². The molecule has 1 aromatic heterocycles. The van der Waals surface area contributed by atoms with Crippen molar-refractivity contribution in [2.75, 3.05) is 31.1 Å². The van der Waals surface area contributed by atoms with Gasteiger partial charge in [0.05, 0.1) is 0 Å². The Morgan fingerprint density at radius 1 is 1.17 bits per heavy atom. The molecule has 0 amide bonds. The molecule has 0 saturated carbocycles. The van der Waals surface area contributed by atoms with E-state index in [2.05, 4.69) is 10.4 Å². The van der Waals surface area contributed by atoms with Crippen molar-refractivity contribution in [2.45, 2.75) is 0 Å². The van der Waals surface area contributed by atoms with Crippen molar-refractivity contribution in [2.24, 2.45) is 25.9 Å². The highest BCUT2D eigenvalue weighted by Gasteiger charge is 2.37. The van der Waals surface area contributed by atoms with Gasteiger partial charge in [-0.15, -0.1) is 5.10 Å². The summed E-state index contributed by atoms with van der Waals surface area (Å²) in [5.74, 6) is 1.58. The normalized spacial score (nSPS) is 26.7. The maximum absolute atomic E-state index is 12.1. The first-order valence-corrected chi connectivity index (χ1v) is 6.18. The third-order valence-corrected chi connectivity index (χ3v) is 3.99. The van der Waals surface area contributed by atoms with Crippen LogP contribution in [-0.4, -0.2) is 40.5 Å². The van der Waals surface area contributed by atoms with Gasteiger partial charge >= 0.3 is 5.69 Å². The number of rotatable bonds is 1. The summed E-state index contributed by atoms with van der Waals surface area (Å²) in [6.45, 7) is 3.71. The predicted molar refractivity (Wildman–Crippen MR) is 66.8 cm³/mol. The van der Waals surface area contributed by atoms with Crippen molar-refractivity contribution in [3.05, 3.63) is 20.8 Å². The number of nitrogens with one attached hydrogen (secondary N) is 1. The fourth-order valence-corrected chi connectivity index (χ4v) is 2.91. The van der Waals surface area contributed by atoms with Crippen molar-refractivity contribution >= 4 is 5.82 Å². The Balaban J connectivity index is 1.99. The Morgan fingerprint density at radius 3 is 2.39 bits per heavy atom. The number of nitrogens with zero attached hydrogens (tertiary/aromatic N) is 4. The first-order valence-electron chi connectivity index (χ1n) is 6.18. The van der Waals surface area contributed by atoms with Crippen molar-refractivity contribution in [1.82, 2.24) is 19.7 Å². The molecule has 0 spiro atoms. The molecule has 0 radical (unpaired) electrons. The lowest BCUT2D eigenvalue weighted by molar-refractivity contribution is 0.533. The van der Waals surface area contributed by atoms with Crippen LogP contribution in [0.1, 0.15) is 0 Å². The maximum Gasteiger partial charge on any atom is 0.346 e. The summed E-state index contributed by atoms with van der Waals surface area (Å²) >= 11 is 0. The van der Waals surface area contributed by atoms with Gasteiger partial charge in [-0.25, -0.2) is 9.48 Å². The lowest BCUT2D eigenvalue weighted by Gasteiger charge is -2.18. The zero-order chi connectivity index (χ0) is 12.9. The van der Waals surface area contributed by atoms with E-state index in [0.29, 0.717) is 17.7 Å². The lowest BCUT2D eigenvalue weighted by Crippen LogP contribution is -2.43. The van der Waals surface area contributed by atoms with Gasteiger partial charge in [-0.3, -0.25) is 9.36 Å². The van der Waals surface area contributed by atoms with Crippen molar-refractivity contribution < 1.29 is 0 Å². The van der Waals surface area contributed by atoms with Crippen LogP contribution in [0.4, 0.5) is 5.82 Å². The average Bonchev–Trinajstić information content (AvgIpc) is 2.91. The van der Waals surface area contributed by atoms with E-state index in [1.807, 2.05) is 4.90 Å². The van der Waals surface area contributed by atoms with Crippen LogP contribution in [0.15, 0.2) is 9.59 Å². The minimum atomic E-state index is -0.384. The van der Waals surface area contributed by atoms with Crippen LogP contribution < -0.4 is 21.5 Å². The topological polar surface area (TPSA) is 72.2 Å². The highest BCUT2D eigenvalue weighted by atomic mass is 16.2. The maximum atomic E-state index is 12.1. The van der Waals surface area contributed by atoms with Gasteiger partial charge in [-0.05, 0) is 11.8 Å². The summed E-state index contributed by atoms with van der Waals surface area (Å²) < 4.78 is 2.35. The molecule has 7 nitrogen and oxygen atoms in total. The number of aryl methyl sites for hydroxylation is 1. The molecule has 2 aliphatic rings. The van der Waals surface area contributed by atoms with Crippen LogP contribution in [-0.2, 0) is 14.1 Å². The molecule has 3 heterocycles. The van der Waals surface area contributed by atoms with Crippen molar-refractivity contribution in [3.8, 4) is 0 Å². The summed E-state index contributed by atoms with van der Waals surface area (Å²) in [7, 11) is 3.07. The van der Waals surface area contributed by atoms with Crippen LogP contribution in [0, 0.1) is 11.8 Å². The standard InChI is InChI=1S/C11H17N5O2/c1-14-10(17)9(13-15(2)11(14)18)16-5-7-3-12-4-8(7)6-16/h7-8,12H,3-6H2,1-2H3/t7-,8+. The molecule has 0 aromatic carbocycles. The van der Waals surface area contributed by atoms with Gasteiger partial charge in [0.15, 0.2) is 0 Å². The molecular weight excluding hydrogens is 234 g/mol. The molecule has 2 aliphatic heterocycles. The van der Waals surface area contributed by atoms with E-state index in [1.165, 1.54) is 11.7 Å². The van der Waals surface area contributed by atoms with E-state index in [-0.39, 0.29) is 11.2 Å². The quantitative estimate of drug-likeness (QED) is 0.633. The summed E-state index contributed by atoms with van der Waals surface area (Å²) in [5, 5.41) is 7.48. The number of hydrogen-bond acceptors (Lipinski definition) is 5. The second kappa shape index (κ2) is 3.94. The molecule has 2 saturated heterocycles. The minimum absolute atomic E-state index is 0.300. The molecule has 18 heavy (non-hydrogen) atoms. The molecule has 7 heteroatoms. The SMILES string of the molecule is Cn1nc(N2C[C@H]3CNC[C@H]3C2)c(=O)n(C)c1=O. The molecule has 1 aromatic rings. The van der Waals surface area contributed by atoms with Crippen LogP contribution in [0.25, 0.3) is 0 Å². The Bertz CT molecular complexity index is 578. The Kier molecular flexibility index (Phi) is 2.51. The Labute approximate surface area is 104 Å². The summed E-state index contributed by atoms with van der Waals surface area (Å²) in [6.07, 6.45) is 0. The van der Waals surface area contributed by atoms with Gasteiger partial charge in [0.25, 0.3) is 5.56 Å². The smallest absolute Gasteiger partial charge is 0.346 e. The third-order valence-electron chi connectivity index (χ3n) is 3.99. The largest absolute Gasteiger partial charge is 0.350 e. The highest BCUT2D eigenvalue weighted by molar-refractivity contribution is 5.37. The molecule has 0 aliphatic carbocycles. The molecule has 0 unspecified atom stereocenters. The zero-order valence-corrected chi connectivity index (χ0v) is 10.6. The van der Waals surface area contributed by atoms with Crippen molar-refractivity contribution in [3.63, 3.8) is 0 Å². The van der Waals surface area contributed by atoms with Gasteiger partial charge in [0.2, 0.25) is 5.82 Å². The van der Waals surface area contributed by atoms with E-state index in [1.54, 1.807) is 7.05 Å². The fourth-order valence-electron chi connectivity index (χ4n) is 2.91. The number of fused-ring (bicyclic) bond motifs is 1. The summed E-state index contributed by atoms with van der Waals surface area (Å²) in [5.41, 5.74) is -0.684. The van der Waals surface area contributed by atoms with E-state index < -0.39 is 0 Å². The van der Waals surface area contributed by atoms with E-state index >= 15 is 0 Å². The summed E-state index contributed by atoms with van der Waals surface area (Å²) in [6, 6.07) is 0. The minimum Gasteiger partial charge on any atom is -0.350 e. The Morgan fingerprint density at radius 2 is 1.78 bits per heavy atom. The summed E-state index contributed by atoms with van der Waals surface area (Å²) in [4.78, 5) is 25.7. The van der Waals surface area contributed by atoms with Gasteiger partial charge in [-0.1, -0.05) is 0 Å². The molecule has 1 N–H and O–H groups in total. The molecule has 3 rings (SSSR count). The first-order chi connectivity index (χ1) is 8.58. The van der Waals surface area contributed by atoms with Gasteiger partial charge in [-0.2, -0.15) is 0 Å². The first kappa shape index (κ1) is 11.5. The molecular formula is C11H17N5O2. The fraction of sp³-hybridized carbons (Fsp3) is 0.727. The van der Waals surface area contributed by atoms with Crippen LogP contribution in [0.5, 0.6) is 0 Å². The Hall–Kier alpha value is -1.63. The zero-order valence-electron chi connectivity index (χ0n) is 10.6. The third kappa shape index (κ3) is 1.58.